The summed E-state index contributed by atoms with van der Waals surface area (Å²) in [6.45, 7) is 0. The van der Waals surface area contributed by atoms with Crippen molar-refractivity contribution in [2.45, 2.75) is 19.3 Å². The number of hydrogen-bond acceptors (Lipinski definition) is 1. The fraction of sp³-hybridized carbons (Fsp3) is 0.308. The zero-order chi connectivity index (χ0) is 10.7. The van der Waals surface area contributed by atoms with Crippen LogP contribution in [0.25, 0.3) is 0 Å². The molecular formula is C13H13NO. The van der Waals surface area contributed by atoms with E-state index in [2.05, 4.69) is 11.2 Å². The molecule has 1 aliphatic carbocycles. The number of carbonyl (C=O) groups excluding carboxylic acids is 1. The lowest BCUT2D eigenvalue weighted by atomic mass is 9.85. The molecule has 1 saturated carbocycles. The molecule has 1 N–H and O–H groups in total. The van der Waals surface area contributed by atoms with Gasteiger partial charge in [0, 0.05) is 11.5 Å². The number of nitrogens with one attached hydrogen (secondary N) is 1. The van der Waals surface area contributed by atoms with Crippen molar-refractivity contribution in [1.29, 1.82) is 0 Å². The summed E-state index contributed by atoms with van der Waals surface area (Å²) in [4.78, 5) is 11.7. The van der Waals surface area contributed by atoms with Crippen LogP contribution in [-0.2, 0) is 4.79 Å². The minimum absolute atomic E-state index is 0.101. The Morgan fingerprint density at radius 1 is 1.40 bits per heavy atom. The highest BCUT2D eigenvalue weighted by atomic mass is 16.1. The molecule has 0 atom stereocenters. The highest BCUT2D eigenvalue weighted by Gasteiger charge is 2.25. The van der Waals surface area contributed by atoms with Crippen LogP contribution in [0.5, 0.6) is 0 Å². The molecule has 0 saturated heterocycles. The summed E-state index contributed by atoms with van der Waals surface area (Å²) in [5.41, 5.74) is 1.49. The molecule has 0 radical (unpaired) electrons. The minimum atomic E-state index is 0.101. The van der Waals surface area contributed by atoms with Gasteiger partial charge in [0.15, 0.2) is 0 Å². The molecule has 2 nitrogen and oxygen atoms in total. The first kappa shape index (κ1) is 9.79. The van der Waals surface area contributed by atoms with Crippen molar-refractivity contribution < 1.29 is 4.79 Å². The lowest BCUT2D eigenvalue weighted by Gasteiger charge is -2.24. The first-order valence-electron chi connectivity index (χ1n) is 5.18. The summed E-state index contributed by atoms with van der Waals surface area (Å²) < 4.78 is 0. The highest BCUT2D eigenvalue weighted by Crippen LogP contribution is 2.28. The Morgan fingerprint density at radius 2 is 2.13 bits per heavy atom. The maximum absolute atomic E-state index is 11.7. The molecule has 0 bridgehead atoms. The molecule has 1 amide bonds. The predicted octanol–water partition coefficient (Wildman–Crippen LogP) is 2.41. The van der Waals surface area contributed by atoms with Crippen LogP contribution in [0.2, 0.25) is 0 Å². The Labute approximate surface area is 89.7 Å². The number of terminal acetylenes is 1. The van der Waals surface area contributed by atoms with Gasteiger partial charge in [0.05, 0.1) is 5.69 Å². The van der Waals surface area contributed by atoms with Crippen LogP contribution in [0.4, 0.5) is 5.69 Å². The smallest absolute Gasteiger partial charge is 0.227 e. The van der Waals surface area contributed by atoms with Crippen LogP contribution >= 0.6 is 0 Å². The van der Waals surface area contributed by atoms with E-state index in [-0.39, 0.29) is 11.8 Å². The van der Waals surface area contributed by atoms with Gasteiger partial charge in [-0.25, -0.2) is 0 Å². The Hall–Kier alpha value is -1.75. The second-order valence-corrected chi connectivity index (χ2v) is 3.81. The summed E-state index contributed by atoms with van der Waals surface area (Å²) >= 11 is 0. The number of amides is 1. The number of hydrogen-bond donors (Lipinski definition) is 1. The number of anilines is 1. The van der Waals surface area contributed by atoms with Gasteiger partial charge in [0.25, 0.3) is 0 Å². The average molecular weight is 199 g/mol. The van der Waals surface area contributed by atoms with Crippen molar-refractivity contribution in [3.8, 4) is 12.3 Å². The third-order valence-corrected chi connectivity index (χ3v) is 2.82. The number of rotatable bonds is 2. The van der Waals surface area contributed by atoms with Gasteiger partial charge in [-0.2, -0.15) is 0 Å². The molecule has 0 aliphatic heterocycles. The lowest BCUT2D eigenvalue weighted by Crippen LogP contribution is -2.28. The lowest BCUT2D eigenvalue weighted by molar-refractivity contribution is -0.122. The molecule has 2 rings (SSSR count). The Balaban J connectivity index is 2.10. The van der Waals surface area contributed by atoms with Gasteiger partial charge in [-0.15, -0.1) is 6.42 Å². The Morgan fingerprint density at radius 3 is 2.73 bits per heavy atom. The van der Waals surface area contributed by atoms with Crippen molar-refractivity contribution >= 4 is 11.6 Å². The monoisotopic (exact) mass is 199 g/mol. The summed E-state index contributed by atoms with van der Waals surface area (Å²) in [6, 6.07) is 7.41. The first-order valence-corrected chi connectivity index (χ1v) is 5.18. The van der Waals surface area contributed by atoms with Crippen molar-refractivity contribution in [2.24, 2.45) is 5.92 Å². The van der Waals surface area contributed by atoms with Gasteiger partial charge >= 0.3 is 0 Å². The van der Waals surface area contributed by atoms with Crippen molar-refractivity contribution in [1.82, 2.24) is 0 Å². The quantitative estimate of drug-likeness (QED) is 0.728. The molecule has 76 valence electrons. The maximum Gasteiger partial charge on any atom is 0.227 e. The molecule has 1 aliphatic rings. The predicted molar refractivity (Wildman–Crippen MR) is 60.3 cm³/mol. The van der Waals surface area contributed by atoms with E-state index in [1.165, 1.54) is 0 Å². The minimum Gasteiger partial charge on any atom is -0.325 e. The van der Waals surface area contributed by atoms with Gasteiger partial charge in [0.2, 0.25) is 5.91 Å². The van der Waals surface area contributed by atoms with Gasteiger partial charge < -0.3 is 5.32 Å². The summed E-state index contributed by atoms with van der Waals surface area (Å²) in [5, 5.41) is 2.88. The summed E-state index contributed by atoms with van der Waals surface area (Å²) in [6.07, 6.45) is 8.52. The van der Waals surface area contributed by atoms with E-state index in [0.717, 1.165) is 30.5 Å². The molecule has 0 spiro atoms. The standard InChI is InChI=1S/C13H13NO/c1-2-10-6-3-4-9-12(10)14-13(15)11-7-5-8-11/h1,3-4,6,9,11H,5,7-8H2,(H,14,15). The number of carbonyl (C=O) groups is 1. The topological polar surface area (TPSA) is 29.1 Å². The van der Waals surface area contributed by atoms with Crippen LogP contribution < -0.4 is 5.32 Å². The number of para-hydroxylation sites is 1. The summed E-state index contributed by atoms with van der Waals surface area (Å²) in [5.74, 6) is 2.85. The molecule has 1 aromatic rings. The van der Waals surface area contributed by atoms with E-state index >= 15 is 0 Å². The maximum atomic E-state index is 11.7. The zero-order valence-electron chi connectivity index (χ0n) is 8.49. The highest BCUT2D eigenvalue weighted by molar-refractivity contribution is 5.94. The van der Waals surface area contributed by atoms with E-state index in [0.29, 0.717) is 0 Å². The zero-order valence-corrected chi connectivity index (χ0v) is 8.49. The Bertz CT molecular complexity index is 413. The van der Waals surface area contributed by atoms with Crippen LogP contribution in [0.15, 0.2) is 24.3 Å². The molecule has 0 aromatic heterocycles. The molecule has 1 aromatic carbocycles. The summed E-state index contributed by atoms with van der Waals surface area (Å²) in [7, 11) is 0. The fourth-order valence-electron chi connectivity index (χ4n) is 1.62. The molecule has 0 unspecified atom stereocenters. The third-order valence-electron chi connectivity index (χ3n) is 2.82. The second-order valence-electron chi connectivity index (χ2n) is 3.81. The second kappa shape index (κ2) is 4.18. The van der Waals surface area contributed by atoms with Gasteiger partial charge in [-0.1, -0.05) is 24.5 Å². The average Bonchev–Trinajstić information content (AvgIpc) is 2.15. The van der Waals surface area contributed by atoms with Crippen LogP contribution in [0.1, 0.15) is 24.8 Å². The van der Waals surface area contributed by atoms with Crippen molar-refractivity contribution in [2.75, 3.05) is 5.32 Å². The molecule has 0 heterocycles. The molecule has 2 heteroatoms. The van der Waals surface area contributed by atoms with Gasteiger partial charge in [-0.05, 0) is 25.0 Å². The van der Waals surface area contributed by atoms with E-state index in [9.17, 15) is 4.79 Å². The van der Waals surface area contributed by atoms with Crippen molar-refractivity contribution in [3.63, 3.8) is 0 Å². The van der Waals surface area contributed by atoms with Gasteiger partial charge in [0.1, 0.15) is 0 Å². The van der Waals surface area contributed by atoms with E-state index < -0.39 is 0 Å². The third kappa shape index (κ3) is 2.02. The molecular weight excluding hydrogens is 186 g/mol. The SMILES string of the molecule is C#Cc1ccccc1NC(=O)C1CCC1. The van der Waals surface area contributed by atoms with Crippen LogP contribution in [0.3, 0.4) is 0 Å². The molecule has 15 heavy (non-hydrogen) atoms. The normalized spacial score (nSPS) is 15.1. The van der Waals surface area contributed by atoms with Crippen LogP contribution in [0, 0.1) is 18.3 Å². The van der Waals surface area contributed by atoms with Gasteiger partial charge in [-0.3, -0.25) is 4.79 Å². The van der Waals surface area contributed by atoms with E-state index in [4.69, 9.17) is 6.42 Å². The first-order chi connectivity index (χ1) is 7.31. The fourth-order valence-corrected chi connectivity index (χ4v) is 1.62. The van der Waals surface area contributed by atoms with Crippen LogP contribution in [-0.4, -0.2) is 5.91 Å². The Kier molecular flexibility index (Phi) is 2.73. The number of benzene rings is 1. The van der Waals surface area contributed by atoms with E-state index in [1.807, 2.05) is 24.3 Å². The van der Waals surface area contributed by atoms with E-state index in [1.54, 1.807) is 0 Å². The molecule has 1 fully saturated rings. The van der Waals surface area contributed by atoms with Crippen molar-refractivity contribution in [3.05, 3.63) is 29.8 Å². The largest absolute Gasteiger partial charge is 0.325 e.